The highest BCUT2D eigenvalue weighted by molar-refractivity contribution is 7.88. The van der Waals surface area contributed by atoms with Crippen LogP contribution in [0.3, 0.4) is 0 Å². The first-order valence-electron chi connectivity index (χ1n) is 10.1. The third-order valence-corrected chi connectivity index (χ3v) is 6.29. The molecule has 0 spiro atoms. The molecule has 0 radical (unpaired) electrons. The topological polar surface area (TPSA) is 58.6 Å². The van der Waals surface area contributed by atoms with Crippen molar-refractivity contribution in [1.82, 2.24) is 9.62 Å². The van der Waals surface area contributed by atoms with Crippen LogP contribution < -0.4 is 4.72 Å². The molecule has 0 aliphatic carbocycles. The van der Waals surface area contributed by atoms with Crippen LogP contribution in [0.15, 0.2) is 48.5 Å². The molecule has 32 heavy (non-hydrogen) atoms. The Hall–Kier alpha value is -2.01. The van der Waals surface area contributed by atoms with Crippen molar-refractivity contribution in [1.29, 1.82) is 0 Å². The van der Waals surface area contributed by atoms with Gasteiger partial charge < -0.3 is 4.74 Å². The molecule has 5 nitrogen and oxygen atoms in total. The predicted octanol–water partition coefficient (Wildman–Crippen LogP) is 3.98. The van der Waals surface area contributed by atoms with E-state index in [9.17, 15) is 26.0 Å². The Morgan fingerprint density at radius 2 is 1.75 bits per heavy atom. The zero-order valence-corrected chi connectivity index (χ0v) is 18.6. The molecule has 1 heterocycles. The predicted molar refractivity (Wildman–Crippen MR) is 113 cm³/mol. The molecule has 0 aromatic heterocycles. The van der Waals surface area contributed by atoms with Crippen LogP contribution in [0, 0.1) is 5.82 Å². The lowest BCUT2D eigenvalue weighted by atomic mass is 9.86. The first-order valence-corrected chi connectivity index (χ1v) is 12.0. The minimum Gasteiger partial charge on any atom is -0.379 e. The zero-order valence-electron chi connectivity index (χ0n) is 17.8. The summed E-state index contributed by atoms with van der Waals surface area (Å²) >= 11 is 0. The number of hydrogen-bond donors (Lipinski definition) is 1. The van der Waals surface area contributed by atoms with Crippen molar-refractivity contribution in [2.45, 2.75) is 37.2 Å². The highest BCUT2D eigenvalue weighted by atomic mass is 32.2. The van der Waals surface area contributed by atoms with E-state index in [0.717, 1.165) is 24.1 Å². The van der Waals surface area contributed by atoms with Crippen LogP contribution in [0.25, 0.3) is 0 Å². The molecule has 1 fully saturated rings. The lowest BCUT2D eigenvalue weighted by Crippen LogP contribution is -2.43. The summed E-state index contributed by atoms with van der Waals surface area (Å²) in [4.78, 5) is 2.15. The molecule has 1 aliphatic rings. The van der Waals surface area contributed by atoms with Crippen LogP contribution in [0.5, 0.6) is 0 Å². The molecule has 10 heteroatoms. The summed E-state index contributed by atoms with van der Waals surface area (Å²) in [7, 11) is -2.41. The second-order valence-electron chi connectivity index (χ2n) is 8.06. The van der Waals surface area contributed by atoms with E-state index in [1.165, 1.54) is 24.3 Å². The Kier molecular flexibility index (Phi) is 7.59. The van der Waals surface area contributed by atoms with Crippen molar-refractivity contribution in [3.05, 3.63) is 71.0 Å². The second-order valence-corrected chi connectivity index (χ2v) is 9.84. The van der Waals surface area contributed by atoms with E-state index in [1.54, 1.807) is 36.1 Å². The van der Waals surface area contributed by atoms with Crippen LogP contribution >= 0.6 is 0 Å². The number of sulfonamides is 1. The molecule has 1 saturated heterocycles. The summed E-state index contributed by atoms with van der Waals surface area (Å²) in [5.41, 5.74) is 1.65. The van der Waals surface area contributed by atoms with Crippen molar-refractivity contribution in [3.63, 3.8) is 0 Å². The number of rotatable bonds is 7. The molecule has 1 N–H and O–H groups in total. The molecule has 176 valence electrons. The van der Waals surface area contributed by atoms with Gasteiger partial charge in [0.15, 0.2) is 0 Å². The molecule has 2 aromatic carbocycles. The number of ether oxygens (including phenoxy) is 1. The molecule has 0 amide bonds. The van der Waals surface area contributed by atoms with Gasteiger partial charge in [-0.15, -0.1) is 0 Å². The number of nitrogens with one attached hydrogen (secondary N) is 1. The Bertz CT molecular complexity index is 995. The fourth-order valence-corrected chi connectivity index (χ4v) is 4.76. The van der Waals surface area contributed by atoms with Gasteiger partial charge in [-0.25, -0.2) is 12.8 Å². The fourth-order valence-electron chi connectivity index (χ4n) is 4.07. The Morgan fingerprint density at radius 3 is 2.28 bits per heavy atom. The summed E-state index contributed by atoms with van der Waals surface area (Å²) in [5, 5.41) is 0. The maximum atomic E-state index is 13.3. The first-order chi connectivity index (χ1) is 15.0. The number of nitrogens with zero attached hydrogens (tertiary/aromatic N) is 1. The van der Waals surface area contributed by atoms with E-state index in [2.05, 4.69) is 4.90 Å². The molecule has 1 aliphatic heterocycles. The summed E-state index contributed by atoms with van der Waals surface area (Å²) in [6.45, 7) is 1.90. The number of halogens is 4. The molecule has 3 atom stereocenters. The average Bonchev–Trinajstić information content (AvgIpc) is 2.72. The highest BCUT2D eigenvalue weighted by Gasteiger charge is 2.42. The van der Waals surface area contributed by atoms with E-state index >= 15 is 0 Å². The molecule has 3 rings (SSSR count). The minimum absolute atomic E-state index is 0.0953. The SMILES string of the molecule is CO[C@H]1CN(Cc2ccc([C@H](NS(C)(=O)=O)C(F)(F)F)cc2)CC[C@@H]1c1ccc(F)cc1. The van der Waals surface area contributed by atoms with Gasteiger partial charge in [-0.2, -0.15) is 17.9 Å². The van der Waals surface area contributed by atoms with E-state index in [-0.39, 0.29) is 23.4 Å². The van der Waals surface area contributed by atoms with Gasteiger partial charge in [0.05, 0.1) is 12.4 Å². The highest BCUT2D eigenvalue weighted by Crippen LogP contribution is 2.34. The van der Waals surface area contributed by atoms with Crippen molar-refractivity contribution >= 4 is 10.0 Å². The van der Waals surface area contributed by atoms with Crippen LogP contribution in [-0.2, 0) is 21.3 Å². The number of benzene rings is 2. The van der Waals surface area contributed by atoms with Crippen LogP contribution in [0.1, 0.15) is 35.1 Å². The van der Waals surface area contributed by atoms with E-state index in [0.29, 0.717) is 19.3 Å². The molecular weight excluding hydrogens is 448 g/mol. The first kappa shape index (κ1) is 24.6. The third kappa shape index (κ3) is 6.50. The largest absolute Gasteiger partial charge is 0.408 e. The summed E-state index contributed by atoms with van der Waals surface area (Å²) in [6.07, 6.45) is -3.35. The maximum Gasteiger partial charge on any atom is 0.408 e. The second kappa shape index (κ2) is 9.86. The number of hydrogen-bond acceptors (Lipinski definition) is 4. The summed E-state index contributed by atoms with van der Waals surface area (Å²) < 4.78 is 83.2. The van der Waals surface area contributed by atoms with Gasteiger partial charge in [-0.05, 0) is 41.8 Å². The molecular formula is C22H26F4N2O3S. The van der Waals surface area contributed by atoms with Gasteiger partial charge in [-0.1, -0.05) is 36.4 Å². The number of piperidine rings is 1. The van der Waals surface area contributed by atoms with Gasteiger partial charge in [0.1, 0.15) is 11.9 Å². The van der Waals surface area contributed by atoms with Crippen molar-refractivity contribution < 1.29 is 30.7 Å². The van der Waals surface area contributed by atoms with E-state index < -0.39 is 22.2 Å². The van der Waals surface area contributed by atoms with Crippen LogP contribution in [0.2, 0.25) is 0 Å². The van der Waals surface area contributed by atoms with Crippen molar-refractivity contribution in [2.75, 3.05) is 26.5 Å². The summed E-state index contributed by atoms with van der Waals surface area (Å²) in [6, 6.07) is 9.85. The standard InChI is InChI=1S/C22H26F4N2O3S/c1-31-20-14-28(12-11-19(20)16-7-9-18(23)10-8-16)13-15-3-5-17(6-4-15)21(22(24,25)26)27-32(2,29)30/h3-10,19-21,27H,11-14H2,1-2H3/t19-,20+,21+/m1/s1. The van der Waals surface area contributed by atoms with Crippen LogP contribution in [-0.4, -0.2) is 52.1 Å². The van der Waals surface area contributed by atoms with E-state index in [1.807, 2.05) is 0 Å². The van der Waals surface area contributed by atoms with E-state index in [4.69, 9.17) is 4.74 Å². The molecule has 2 aromatic rings. The number of alkyl halides is 3. The number of likely N-dealkylation sites (tertiary alicyclic amines) is 1. The van der Waals surface area contributed by atoms with Gasteiger partial charge in [0, 0.05) is 26.1 Å². The van der Waals surface area contributed by atoms with Crippen molar-refractivity contribution in [3.8, 4) is 0 Å². The minimum atomic E-state index is -4.75. The molecule has 0 saturated carbocycles. The smallest absolute Gasteiger partial charge is 0.379 e. The van der Waals surface area contributed by atoms with Gasteiger partial charge >= 0.3 is 6.18 Å². The molecule has 0 bridgehead atoms. The quantitative estimate of drug-likeness (QED) is 0.617. The van der Waals surface area contributed by atoms with Crippen LogP contribution in [0.4, 0.5) is 17.6 Å². The Labute approximate surface area is 185 Å². The van der Waals surface area contributed by atoms with Gasteiger partial charge in [-0.3, -0.25) is 4.90 Å². The Morgan fingerprint density at radius 1 is 1.12 bits per heavy atom. The summed E-state index contributed by atoms with van der Waals surface area (Å²) in [5.74, 6) is -0.156. The normalized spacial score (nSPS) is 21.4. The van der Waals surface area contributed by atoms with Gasteiger partial charge in [0.25, 0.3) is 0 Å². The average molecular weight is 475 g/mol. The van der Waals surface area contributed by atoms with Crippen molar-refractivity contribution in [2.24, 2.45) is 0 Å². The third-order valence-electron chi connectivity index (χ3n) is 5.62. The maximum absolute atomic E-state index is 13.3. The monoisotopic (exact) mass is 474 g/mol. The number of methoxy groups -OCH3 is 1. The lowest BCUT2D eigenvalue weighted by Gasteiger charge is -2.38. The van der Waals surface area contributed by atoms with Gasteiger partial charge in [0.2, 0.25) is 10.0 Å². The fraction of sp³-hybridized carbons (Fsp3) is 0.455. The Balaban J connectivity index is 1.67. The lowest BCUT2D eigenvalue weighted by molar-refractivity contribution is -0.153. The zero-order chi connectivity index (χ0) is 23.5. The molecule has 0 unspecified atom stereocenters.